The summed E-state index contributed by atoms with van der Waals surface area (Å²) in [5.41, 5.74) is -0.375. The van der Waals surface area contributed by atoms with E-state index in [0.29, 0.717) is 5.92 Å². The molecular formula is C9H14O2. The molecule has 2 nitrogen and oxygen atoms in total. The summed E-state index contributed by atoms with van der Waals surface area (Å²) in [4.78, 5) is 0. The fourth-order valence-electron chi connectivity index (χ4n) is 1.87. The van der Waals surface area contributed by atoms with Crippen molar-refractivity contribution in [2.45, 2.75) is 31.3 Å². The molecule has 0 spiro atoms. The molecule has 1 unspecified atom stereocenters. The Morgan fingerprint density at radius 3 is 2.73 bits per heavy atom. The maximum Gasteiger partial charge on any atom is 0.0879 e. The molecule has 0 saturated heterocycles. The van der Waals surface area contributed by atoms with Gasteiger partial charge in [-0.25, -0.2) is 0 Å². The Kier molecular flexibility index (Phi) is 1.64. The van der Waals surface area contributed by atoms with Crippen molar-refractivity contribution in [1.29, 1.82) is 0 Å². The molecule has 11 heavy (non-hydrogen) atoms. The molecule has 2 rings (SSSR count). The van der Waals surface area contributed by atoms with E-state index in [1.54, 1.807) is 6.26 Å². The molecule has 1 atom stereocenters. The standard InChI is InChI=1S/C9H14O2/c10-9(4-1-5-9)8-2-6-11-7-3-8/h2,6,8,10H,1,3-5,7H2. The minimum atomic E-state index is -0.375. The third-order valence-electron chi connectivity index (χ3n) is 2.86. The monoisotopic (exact) mass is 154 g/mol. The second-order valence-electron chi connectivity index (χ2n) is 3.55. The minimum absolute atomic E-state index is 0.352. The highest BCUT2D eigenvalue weighted by Crippen LogP contribution is 2.41. The van der Waals surface area contributed by atoms with E-state index in [1.165, 1.54) is 6.42 Å². The molecule has 1 aliphatic carbocycles. The van der Waals surface area contributed by atoms with Crippen molar-refractivity contribution in [2.24, 2.45) is 5.92 Å². The summed E-state index contributed by atoms with van der Waals surface area (Å²) in [6.07, 6.45) is 7.84. The second kappa shape index (κ2) is 2.52. The smallest absolute Gasteiger partial charge is 0.0879 e. The van der Waals surface area contributed by atoms with Gasteiger partial charge < -0.3 is 9.84 Å². The maximum absolute atomic E-state index is 9.93. The van der Waals surface area contributed by atoms with Crippen molar-refractivity contribution in [1.82, 2.24) is 0 Å². The molecule has 1 N–H and O–H groups in total. The third kappa shape index (κ3) is 1.16. The molecular weight excluding hydrogens is 140 g/mol. The summed E-state index contributed by atoms with van der Waals surface area (Å²) in [5.74, 6) is 0.352. The van der Waals surface area contributed by atoms with E-state index in [4.69, 9.17) is 4.74 Å². The van der Waals surface area contributed by atoms with Gasteiger partial charge in [0.25, 0.3) is 0 Å². The van der Waals surface area contributed by atoms with Gasteiger partial charge in [0.2, 0.25) is 0 Å². The average molecular weight is 154 g/mol. The van der Waals surface area contributed by atoms with Gasteiger partial charge >= 0.3 is 0 Å². The van der Waals surface area contributed by atoms with Gasteiger partial charge in [0.05, 0.1) is 18.5 Å². The lowest BCUT2D eigenvalue weighted by atomic mass is 9.70. The number of hydrogen-bond acceptors (Lipinski definition) is 2. The predicted octanol–water partition coefficient (Wildman–Crippen LogP) is 1.45. The van der Waals surface area contributed by atoms with Crippen LogP contribution < -0.4 is 0 Å². The van der Waals surface area contributed by atoms with Crippen LogP contribution in [0.25, 0.3) is 0 Å². The van der Waals surface area contributed by atoms with Crippen LogP contribution in [0.3, 0.4) is 0 Å². The van der Waals surface area contributed by atoms with E-state index in [-0.39, 0.29) is 5.60 Å². The van der Waals surface area contributed by atoms with Crippen LogP contribution in [0.2, 0.25) is 0 Å². The van der Waals surface area contributed by atoms with Gasteiger partial charge in [-0.15, -0.1) is 0 Å². The van der Waals surface area contributed by atoms with Crippen molar-refractivity contribution < 1.29 is 9.84 Å². The van der Waals surface area contributed by atoms with Gasteiger partial charge in [0.15, 0.2) is 0 Å². The lowest BCUT2D eigenvalue weighted by molar-refractivity contribution is -0.0781. The Balaban J connectivity index is 2.02. The van der Waals surface area contributed by atoms with Gasteiger partial charge in [-0.1, -0.05) is 0 Å². The molecule has 0 bridgehead atoms. The summed E-state index contributed by atoms with van der Waals surface area (Å²) in [6, 6.07) is 0. The Hall–Kier alpha value is -0.500. The molecule has 1 heterocycles. The van der Waals surface area contributed by atoms with E-state index in [9.17, 15) is 5.11 Å². The van der Waals surface area contributed by atoms with Crippen LogP contribution >= 0.6 is 0 Å². The quantitative estimate of drug-likeness (QED) is 0.619. The van der Waals surface area contributed by atoms with Gasteiger partial charge in [0.1, 0.15) is 0 Å². The second-order valence-corrected chi connectivity index (χ2v) is 3.55. The summed E-state index contributed by atoms with van der Waals surface area (Å²) < 4.78 is 5.07. The molecule has 0 amide bonds. The van der Waals surface area contributed by atoms with Crippen LogP contribution in [-0.2, 0) is 4.74 Å². The largest absolute Gasteiger partial charge is 0.501 e. The number of aliphatic hydroxyl groups is 1. The van der Waals surface area contributed by atoms with Crippen molar-refractivity contribution >= 4 is 0 Å². The highest BCUT2D eigenvalue weighted by molar-refractivity contribution is 5.03. The SMILES string of the molecule is OC1(C2C=COCC2)CCC1. The van der Waals surface area contributed by atoms with Crippen LogP contribution in [0, 0.1) is 5.92 Å². The van der Waals surface area contributed by atoms with Crippen LogP contribution in [0.5, 0.6) is 0 Å². The summed E-state index contributed by atoms with van der Waals surface area (Å²) in [5, 5.41) is 9.93. The zero-order valence-electron chi connectivity index (χ0n) is 6.62. The van der Waals surface area contributed by atoms with E-state index in [0.717, 1.165) is 25.9 Å². The molecule has 0 aromatic rings. The first kappa shape index (κ1) is 7.17. The van der Waals surface area contributed by atoms with E-state index >= 15 is 0 Å². The molecule has 1 fully saturated rings. The van der Waals surface area contributed by atoms with Crippen LogP contribution in [-0.4, -0.2) is 17.3 Å². The fourth-order valence-corrected chi connectivity index (χ4v) is 1.87. The molecule has 0 radical (unpaired) electrons. The molecule has 62 valence electrons. The Labute approximate surface area is 66.9 Å². The zero-order chi connectivity index (χ0) is 7.73. The van der Waals surface area contributed by atoms with Crippen LogP contribution in [0.4, 0.5) is 0 Å². The number of rotatable bonds is 1. The predicted molar refractivity (Wildman–Crippen MR) is 42.0 cm³/mol. The highest BCUT2D eigenvalue weighted by atomic mass is 16.5. The molecule has 2 heteroatoms. The first-order chi connectivity index (χ1) is 5.31. The lowest BCUT2D eigenvalue weighted by Crippen LogP contribution is -2.44. The van der Waals surface area contributed by atoms with E-state index in [2.05, 4.69) is 0 Å². The molecule has 1 saturated carbocycles. The van der Waals surface area contributed by atoms with Crippen molar-refractivity contribution in [3.8, 4) is 0 Å². The van der Waals surface area contributed by atoms with E-state index in [1.807, 2.05) is 6.08 Å². The normalized spacial score (nSPS) is 34.1. The van der Waals surface area contributed by atoms with Crippen LogP contribution in [0.15, 0.2) is 12.3 Å². The zero-order valence-corrected chi connectivity index (χ0v) is 6.62. The van der Waals surface area contributed by atoms with Gasteiger partial charge in [-0.3, -0.25) is 0 Å². The molecule has 0 aromatic heterocycles. The topological polar surface area (TPSA) is 29.5 Å². The van der Waals surface area contributed by atoms with Crippen molar-refractivity contribution in [3.63, 3.8) is 0 Å². The maximum atomic E-state index is 9.93. The highest BCUT2D eigenvalue weighted by Gasteiger charge is 2.41. The molecule has 0 aromatic carbocycles. The summed E-state index contributed by atoms with van der Waals surface area (Å²) >= 11 is 0. The Bertz CT molecular complexity index is 170. The third-order valence-corrected chi connectivity index (χ3v) is 2.86. The summed E-state index contributed by atoms with van der Waals surface area (Å²) in [7, 11) is 0. The fraction of sp³-hybridized carbons (Fsp3) is 0.778. The Morgan fingerprint density at radius 2 is 2.27 bits per heavy atom. The lowest BCUT2D eigenvalue weighted by Gasteiger charge is -2.42. The van der Waals surface area contributed by atoms with Crippen molar-refractivity contribution in [2.75, 3.05) is 6.61 Å². The van der Waals surface area contributed by atoms with Crippen LogP contribution in [0.1, 0.15) is 25.7 Å². The minimum Gasteiger partial charge on any atom is -0.501 e. The Morgan fingerprint density at radius 1 is 1.45 bits per heavy atom. The number of hydrogen-bond donors (Lipinski definition) is 1. The first-order valence-corrected chi connectivity index (χ1v) is 4.32. The van der Waals surface area contributed by atoms with Gasteiger partial charge in [-0.05, 0) is 31.8 Å². The molecule has 2 aliphatic rings. The molecule has 1 aliphatic heterocycles. The van der Waals surface area contributed by atoms with Crippen molar-refractivity contribution in [3.05, 3.63) is 12.3 Å². The van der Waals surface area contributed by atoms with Gasteiger partial charge in [-0.2, -0.15) is 0 Å². The van der Waals surface area contributed by atoms with E-state index < -0.39 is 0 Å². The first-order valence-electron chi connectivity index (χ1n) is 4.32. The van der Waals surface area contributed by atoms with Gasteiger partial charge in [0, 0.05) is 5.92 Å². The number of ether oxygens (including phenoxy) is 1. The summed E-state index contributed by atoms with van der Waals surface area (Å²) in [6.45, 7) is 0.767. The average Bonchev–Trinajstić information content (AvgIpc) is 2.02.